The van der Waals surface area contributed by atoms with Crippen LogP contribution in [0.5, 0.6) is 0 Å². The fourth-order valence-electron chi connectivity index (χ4n) is 1.87. The fourth-order valence-corrected chi connectivity index (χ4v) is 2.32. The van der Waals surface area contributed by atoms with Gasteiger partial charge in [0.1, 0.15) is 0 Å². The topological polar surface area (TPSA) is 43.8 Å². The number of rotatable bonds is 4. The highest BCUT2D eigenvalue weighted by Crippen LogP contribution is 2.24. The lowest BCUT2D eigenvalue weighted by molar-refractivity contribution is 0.497. The molecule has 1 heterocycles. The lowest BCUT2D eigenvalue weighted by Gasteiger charge is -2.18. The molecule has 0 saturated carbocycles. The lowest BCUT2D eigenvalue weighted by atomic mass is 10.0. The fraction of sp³-hybridized carbons (Fsp3) is 0.357. The quantitative estimate of drug-likeness (QED) is 0.859. The van der Waals surface area contributed by atoms with Crippen LogP contribution >= 0.6 is 11.8 Å². The van der Waals surface area contributed by atoms with Crippen molar-refractivity contribution >= 4 is 11.8 Å². The van der Waals surface area contributed by atoms with Gasteiger partial charge in [0.25, 0.3) is 0 Å². The molecule has 1 unspecified atom stereocenters. The van der Waals surface area contributed by atoms with Crippen molar-refractivity contribution in [2.45, 2.75) is 24.8 Å². The van der Waals surface area contributed by atoms with Crippen LogP contribution in [0.2, 0.25) is 0 Å². The Hall–Kier alpha value is -1.26. The van der Waals surface area contributed by atoms with E-state index < -0.39 is 0 Å². The molecule has 0 fully saturated rings. The molecule has 1 atom stereocenters. The van der Waals surface area contributed by atoms with Gasteiger partial charge >= 0.3 is 0 Å². The molecule has 2 N–H and O–H groups in total. The summed E-state index contributed by atoms with van der Waals surface area (Å²) in [5.41, 5.74) is 8.40. The number of thioether (sulfide) groups is 1. The normalized spacial score (nSPS) is 12.9. The highest BCUT2D eigenvalue weighted by atomic mass is 32.2. The Morgan fingerprint density at radius 1 is 1.33 bits per heavy atom. The average Bonchev–Trinajstić information content (AvgIpc) is 2.86. The smallest absolute Gasteiger partial charge is 0.0994 e. The third-order valence-corrected chi connectivity index (χ3v) is 3.78. The third kappa shape index (κ3) is 2.60. The van der Waals surface area contributed by atoms with Crippen LogP contribution in [0.3, 0.4) is 0 Å². The van der Waals surface area contributed by atoms with Gasteiger partial charge in [0.05, 0.1) is 18.2 Å². The van der Waals surface area contributed by atoms with Gasteiger partial charge in [-0.05, 0) is 30.4 Å². The molecule has 4 heteroatoms. The molecule has 96 valence electrons. The zero-order chi connectivity index (χ0) is 13.1. The molecule has 0 aliphatic rings. The summed E-state index contributed by atoms with van der Waals surface area (Å²) in [4.78, 5) is 5.47. The van der Waals surface area contributed by atoms with Gasteiger partial charge in [-0.25, -0.2) is 4.98 Å². The number of nitrogens with zero attached hydrogens (tertiary/aromatic N) is 2. The molecule has 0 bridgehead atoms. The monoisotopic (exact) mass is 261 g/mol. The van der Waals surface area contributed by atoms with E-state index in [1.54, 1.807) is 11.8 Å². The SMILES string of the molecule is CSc1cccc(-n2cncc2C(N)C(C)C)c1. The van der Waals surface area contributed by atoms with E-state index in [-0.39, 0.29) is 6.04 Å². The van der Waals surface area contributed by atoms with Crippen molar-refractivity contribution in [3.05, 3.63) is 42.5 Å². The number of hydrogen-bond acceptors (Lipinski definition) is 3. The van der Waals surface area contributed by atoms with Crippen LogP contribution in [0, 0.1) is 5.92 Å². The van der Waals surface area contributed by atoms with Gasteiger partial charge in [0.15, 0.2) is 0 Å². The number of imidazole rings is 1. The maximum Gasteiger partial charge on any atom is 0.0994 e. The predicted octanol–water partition coefficient (Wildman–Crippen LogP) is 3.25. The zero-order valence-electron chi connectivity index (χ0n) is 11.0. The van der Waals surface area contributed by atoms with Crippen molar-refractivity contribution in [3.8, 4) is 5.69 Å². The van der Waals surface area contributed by atoms with Gasteiger partial charge in [0.2, 0.25) is 0 Å². The molecule has 1 aromatic heterocycles. The van der Waals surface area contributed by atoms with Crippen molar-refractivity contribution in [3.63, 3.8) is 0 Å². The van der Waals surface area contributed by atoms with E-state index in [9.17, 15) is 0 Å². The summed E-state index contributed by atoms with van der Waals surface area (Å²) >= 11 is 1.74. The average molecular weight is 261 g/mol. The van der Waals surface area contributed by atoms with Crippen LogP contribution in [0.25, 0.3) is 5.69 Å². The van der Waals surface area contributed by atoms with E-state index >= 15 is 0 Å². The number of benzene rings is 1. The number of aromatic nitrogens is 2. The molecule has 0 saturated heterocycles. The molecule has 0 aliphatic heterocycles. The zero-order valence-corrected chi connectivity index (χ0v) is 11.8. The van der Waals surface area contributed by atoms with Gasteiger partial charge in [-0.15, -0.1) is 11.8 Å². The summed E-state index contributed by atoms with van der Waals surface area (Å²) in [5.74, 6) is 0.393. The maximum atomic E-state index is 6.22. The molecule has 0 spiro atoms. The summed E-state index contributed by atoms with van der Waals surface area (Å²) in [6.45, 7) is 4.25. The van der Waals surface area contributed by atoms with Crippen LogP contribution in [-0.2, 0) is 0 Å². The third-order valence-electron chi connectivity index (χ3n) is 3.06. The van der Waals surface area contributed by atoms with Crippen LogP contribution in [0.4, 0.5) is 0 Å². The number of nitrogens with two attached hydrogens (primary N) is 1. The van der Waals surface area contributed by atoms with Crippen LogP contribution in [0.15, 0.2) is 41.7 Å². The summed E-state index contributed by atoms with van der Waals surface area (Å²) in [5, 5.41) is 0. The first kappa shape index (κ1) is 13.2. The second-order valence-corrected chi connectivity index (χ2v) is 5.54. The highest BCUT2D eigenvalue weighted by molar-refractivity contribution is 7.98. The number of hydrogen-bond donors (Lipinski definition) is 1. The van der Waals surface area contributed by atoms with Crippen LogP contribution < -0.4 is 5.73 Å². The van der Waals surface area contributed by atoms with Gasteiger partial charge < -0.3 is 10.3 Å². The first-order chi connectivity index (χ1) is 8.63. The Morgan fingerprint density at radius 3 is 2.78 bits per heavy atom. The second-order valence-electron chi connectivity index (χ2n) is 4.66. The van der Waals surface area contributed by atoms with Crippen LogP contribution in [-0.4, -0.2) is 15.8 Å². The van der Waals surface area contributed by atoms with E-state index in [4.69, 9.17) is 5.73 Å². The minimum Gasteiger partial charge on any atom is -0.322 e. The molecule has 0 aliphatic carbocycles. The molecule has 1 aromatic carbocycles. The largest absolute Gasteiger partial charge is 0.322 e. The Labute approximate surface area is 112 Å². The first-order valence-corrected chi connectivity index (χ1v) is 7.28. The maximum absolute atomic E-state index is 6.22. The summed E-state index contributed by atoms with van der Waals surface area (Å²) in [6, 6.07) is 8.41. The van der Waals surface area contributed by atoms with Crippen LogP contribution in [0.1, 0.15) is 25.6 Å². The lowest BCUT2D eigenvalue weighted by Crippen LogP contribution is -2.19. The minimum atomic E-state index is 0.00503. The molecule has 3 nitrogen and oxygen atoms in total. The molecule has 0 amide bonds. The van der Waals surface area contributed by atoms with Gasteiger partial charge in [-0.2, -0.15) is 0 Å². The summed E-state index contributed by atoms with van der Waals surface area (Å²) in [7, 11) is 0. The second kappa shape index (κ2) is 5.59. The Bertz CT molecular complexity index is 519. The molecule has 18 heavy (non-hydrogen) atoms. The molecule has 2 rings (SSSR count). The Morgan fingerprint density at radius 2 is 2.11 bits per heavy atom. The Kier molecular flexibility index (Phi) is 4.09. The molecular formula is C14H19N3S. The van der Waals surface area contributed by atoms with E-state index in [0.29, 0.717) is 5.92 Å². The van der Waals surface area contributed by atoms with E-state index in [1.807, 2.05) is 12.5 Å². The van der Waals surface area contributed by atoms with Crippen molar-refractivity contribution in [2.24, 2.45) is 11.7 Å². The Balaban J connectivity index is 2.42. The predicted molar refractivity (Wildman–Crippen MR) is 77.1 cm³/mol. The van der Waals surface area contributed by atoms with Crippen molar-refractivity contribution in [2.75, 3.05) is 6.26 Å². The van der Waals surface area contributed by atoms with Crippen molar-refractivity contribution < 1.29 is 0 Å². The minimum absolute atomic E-state index is 0.00503. The molecular weight excluding hydrogens is 242 g/mol. The van der Waals surface area contributed by atoms with Crippen molar-refractivity contribution in [1.82, 2.24) is 9.55 Å². The summed E-state index contributed by atoms with van der Waals surface area (Å²) < 4.78 is 2.07. The van der Waals surface area contributed by atoms with Crippen molar-refractivity contribution in [1.29, 1.82) is 0 Å². The van der Waals surface area contributed by atoms with E-state index in [1.165, 1.54) is 4.90 Å². The summed E-state index contributed by atoms with van der Waals surface area (Å²) in [6.07, 6.45) is 5.77. The van der Waals surface area contributed by atoms with Gasteiger partial charge in [-0.1, -0.05) is 19.9 Å². The van der Waals surface area contributed by atoms with E-state index in [2.05, 4.69) is 53.9 Å². The molecule has 0 radical (unpaired) electrons. The van der Waals surface area contributed by atoms with Gasteiger partial charge in [-0.3, -0.25) is 0 Å². The van der Waals surface area contributed by atoms with Gasteiger partial charge in [0, 0.05) is 16.6 Å². The van der Waals surface area contributed by atoms with E-state index in [0.717, 1.165) is 11.4 Å². The standard InChI is InChI=1S/C14H19N3S/c1-10(2)14(15)13-8-16-9-17(13)11-5-4-6-12(7-11)18-3/h4-10,14H,15H2,1-3H3. The molecule has 2 aromatic rings. The first-order valence-electron chi connectivity index (χ1n) is 6.05. The highest BCUT2D eigenvalue weighted by Gasteiger charge is 2.15.